The summed E-state index contributed by atoms with van der Waals surface area (Å²) in [5.41, 5.74) is 12.7. The second-order valence-corrected chi connectivity index (χ2v) is 11.1. The van der Waals surface area contributed by atoms with Crippen LogP contribution in [-0.4, -0.2) is 44.4 Å². The first kappa shape index (κ1) is 25.8. The number of H-pyrrole nitrogens is 1. The van der Waals surface area contributed by atoms with Gasteiger partial charge in [0.1, 0.15) is 5.82 Å². The Morgan fingerprint density at radius 3 is 2.72 bits per heavy atom. The predicted molar refractivity (Wildman–Crippen MR) is 152 cm³/mol. The standard InChI is InChI=1S/C28H31FN8O.ClH/c1-16-25(36-12-8-28(9-13-36)15-17-5-6-18(29)14-20(17)23(28)30)32-24-22(31-16)26(34-33-24)37-10-3-4-19-21(37)7-11-35(2)27(19)38;/h5-7,11,14,23H,3-4,8-10,12-13,15,30H2,1-2H3,(H,32,33,34);1H/t23-;/m1./s1. The van der Waals surface area contributed by atoms with Crippen LogP contribution < -0.4 is 21.1 Å². The third kappa shape index (κ3) is 3.91. The average Bonchev–Trinajstić information content (AvgIpc) is 3.44. The van der Waals surface area contributed by atoms with E-state index in [2.05, 4.69) is 20.0 Å². The van der Waals surface area contributed by atoms with Gasteiger partial charge in [-0.25, -0.2) is 14.4 Å². The first-order chi connectivity index (χ1) is 18.3. The Balaban J connectivity index is 0.00000277. The molecule has 204 valence electrons. The number of aryl methyl sites for hydroxylation is 2. The summed E-state index contributed by atoms with van der Waals surface area (Å²) in [6, 6.07) is 6.87. The van der Waals surface area contributed by atoms with E-state index >= 15 is 0 Å². The smallest absolute Gasteiger partial charge is 0.255 e. The van der Waals surface area contributed by atoms with Gasteiger partial charge in [-0.1, -0.05) is 6.07 Å². The number of halogens is 2. The van der Waals surface area contributed by atoms with Gasteiger partial charge in [-0.05, 0) is 73.8 Å². The van der Waals surface area contributed by atoms with Gasteiger partial charge in [0, 0.05) is 44.5 Å². The Hall–Kier alpha value is -3.50. The number of nitrogens with zero attached hydrogens (tertiary/aromatic N) is 6. The average molecular weight is 551 g/mol. The largest absolute Gasteiger partial charge is 0.355 e. The molecule has 7 rings (SSSR count). The van der Waals surface area contributed by atoms with Crippen LogP contribution in [0.4, 0.5) is 21.7 Å². The van der Waals surface area contributed by atoms with Crippen LogP contribution in [0.3, 0.4) is 0 Å². The molecule has 39 heavy (non-hydrogen) atoms. The van der Waals surface area contributed by atoms with Crippen LogP contribution in [0.2, 0.25) is 0 Å². The molecule has 9 nitrogen and oxygen atoms in total. The lowest BCUT2D eigenvalue weighted by atomic mass is 9.73. The van der Waals surface area contributed by atoms with E-state index in [-0.39, 0.29) is 35.2 Å². The molecule has 1 saturated heterocycles. The van der Waals surface area contributed by atoms with Crippen molar-refractivity contribution >= 4 is 40.9 Å². The molecule has 4 aromatic rings. The zero-order valence-corrected chi connectivity index (χ0v) is 22.9. The molecule has 0 bridgehead atoms. The van der Waals surface area contributed by atoms with Gasteiger partial charge in [0.05, 0.1) is 11.4 Å². The van der Waals surface area contributed by atoms with Crippen molar-refractivity contribution in [2.45, 2.75) is 45.1 Å². The van der Waals surface area contributed by atoms with Gasteiger partial charge in [0.2, 0.25) is 0 Å². The molecule has 3 aliphatic rings. The van der Waals surface area contributed by atoms with Gasteiger partial charge in [0.25, 0.3) is 5.56 Å². The number of pyridine rings is 1. The van der Waals surface area contributed by atoms with Crippen molar-refractivity contribution in [3.05, 3.63) is 69.0 Å². The molecule has 3 aromatic heterocycles. The minimum atomic E-state index is -0.220. The maximum atomic E-state index is 13.9. The third-order valence-electron chi connectivity index (χ3n) is 8.93. The highest BCUT2D eigenvalue weighted by Gasteiger charge is 2.46. The van der Waals surface area contributed by atoms with Gasteiger partial charge in [-0.2, -0.15) is 5.10 Å². The quantitative estimate of drug-likeness (QED) is 0.390. The highest BCUT2D eigenvalue weighted by molar-refractivity contribution is 5.88. The van der Waals surface area contributed by atoms with Gasteiger partial charge >= 0.3 is 0 Å². The van der Waals surface area contributed by atoms with Crippen molar-refractivity contribution in [2.24, 2.45) is 18.2 Å². The normalized spacial score (nSPS) is 19.7. The molecular weight excluding hydrogens is 519 g/mol. The number of nitrogens with one attached hydrogen (secondary N) is 1. The summed E-state index contributed by atoms with van der Waals surface area (Å²) in [6.45, 7) is 4.39. The van der Waals surface area contributed by atoms with Gasteiger partial charge in [-0.15, -0.1) is 12.4 Å². The minimum absolute atomic E-state index is 0. The lowest BCUT2D eigenvalue weighted by Gasteiger charge is -2.42. The van der Waals surface area contributed by atoms with Crippen molar-refractivity contribution in [1.82, 2.24) is 24.7 Å². The van der Waals surface area contributed by atoms with Crippen LogP contribution >= 0.6 is 12.4 Å². The van der Waals surface area contributed by atoms with Crippen LogP contribution in [0.15, 0.2) is 35.3 Å². The fourth-order valence-corrected chi connectivity index (χ4v) is 6.79. The molecule has 3 N–H and O–H groups in total. The molecule has 1 atom stereocenters. The Kier molecular flexibility index (Phi) is 6.15. The molecule has 1 fully saturated rings. The summed E-state index contributed by atoms with van der Waals surface area (Å²) >= 11 is 0. The maximum Gasteiger partial charge on any atom is 0.255 e. The van der Waals surface area contributed by atoms with E-state index in [4.69, 9.17) is 15.7 Å². The number of fused-ring (bicyclic) bond motifs is 3. The number of nitrogens with two attached hydrogens (primary N) is 1. The molecule has 0 radical (unpaired) electrons. The Bertz CT molecular complexity index is 1640. The predicted octanol–water partition coefficient (Wildman–Crippen LogP) is 3.85. The Morgan fingerprint density at radius 1 is 1.13 bits per heavy atom. The number of aromatic amines is 1. The number of benzene rings is 1. The lowest BCUT2D eigenvalue weighted by molar-refractivity contribution is 0.187. The molecule has 0 saturated carbocycles. The van der Waals surface area contributed by atoms with E-state index in [1.165, 1.54) is 11.6 Å². The number of hydrogen-bond donors (Lipinski definition) is 2. The van der Waals surface area contributed by atoms with Gasteiger partial charge < -0.3 is 20.1 Å². The van der Waals surface area contributed by atoms with Crippen molar-refractivity contribution < 1.29 is 4.39 Å². The molecule has 0 amide bonds. The van der Waals surface area contributed by atoms with Crippen molar-refractivity contribution in [3.8, 4) is 0 Å². The van der Waals surface area contributed by atoms with Crippen LogP contribution in [0, 0.1) is 18.2 Å². The second kappa shape index (κ2) is 9.31. The van der Waals surface area contributed by atoms with E-state index in [0.29, 0.717) is 17.0 Å². The topological polar surface area (TPSA) is 109 Å². The number of piperidine rings is 1. The molecule has 1 spiro atoms. The van der Waals surface area contributed by atoms with E-state index in [1.54, 1.807) is 23.9 Å². The van der Waals surface area contributed by atoms with Crippen LogP contribution in [-0.2, 0) is 19.9 Å². The third-order valence-corrected chi connectivity index (χ3v) is 8.93. The fourth-order valence-electron chi connectivity index (χ4n) is 6.79. The number of hydrogen-bond acceptors (Lipinski definition) is 7. The molecule has 5 heterocycles. The molecule has 11 heteroatoms. The number of anilines is 3. The molecule has 1 aromatic carbocycles. The molecule has 1 aliphatic carbocycles. The van der Waals surface area contributed by atoms with Crippen LogP contribution in [0.5, 0.6) is 0 Å². The van der Waals surface area contributed by atoms with Crippen LogP contribution in [0.1, 0.15) is 47.7 Å². The summed E-state index contributed by atoms with van der Waals surface area (Å²) in [5, 5.41) is 7.69. The fraction of sp³-hybridized carbons (Fsp3) is 0.429. The molecular formula is C28H32ClFN8O. The van der Waals surface area contributed by atoms with E-state index in [1.807, 2.05) is 19.1 Å². The van der Waals surface area contributed by atoms with Crippen molar-refractivity contribution in [2.75, 3.05) is 29.4 Å². The lowest BCUT2D eigenvalue weighted by Crippen LogP contribution is -2.44. The molecule has 2 aliphatic heterocycles. The summed E-state index contributed by atoms with van der Waals surface area (Å²) < 4.78 is 15.5. The van der Waals surface area contributed by atoms with Crippen molar-refractivity contribution in [1.29, 1.82) is 0 Å². The minimum Gasteiger partial charge on any atom is -0.355 e. The highest BCUT2D eigenvalue weighted by atomic mass is 35.5. The highest BCUT2D eigenvalue weighted by Crippen LogP contribution is 2.51. The zero-order chi connectivity index (χ0) is 26.2. The van der Waals surface area contributed by atoms with Gasteiger partial charge in [-0.3, -0.25) is 9.89 Å². The number of aromatic nitrogens is 5. The summed E-state index contributed by atoms with van der Waals surface area (Å²) in [5.74, 6) is 1.34. The van der Waals surface area contributed by atoms with E-state index < -0.39 is 0 Å². The zero-order valence-electron chi connectivity index (χ0n) is 22.1. The first-order valence-corrected chi connectivity index (χ1v) is 13.3. The summed E-state index contributed by atoms with van der Waals surface area (Å²) in [4.78, 5) is 27.0. The van der Waals surface area contributed by atoms with Crippen molar-refractivity contribution in [3.63, 3.8) is 0 Å². The first-order valence-electron chi connectivity index (χ1n) is 13.3. The Labute approximate surface area is 231 Å². The molecule has 0 unspecified atom stereocenters. The summed E-state index contributed by atoms with van der Waals surface area (Å²) in [6.07, 6.45) is 6.16. The van der Waals surface area contributed by atoms with E-state index in [9.17, 15) is 9.18 Å². The van der Waals surface area contributed by atoms with E-state index in [0.717, 1.165) is 80.1 Å². The number of rotatable bonds is 2. The second-order valence-electron chi connectivity index (χ2n) is 11.1. The van der Waals surface area contributed by atoms with Gasteiger partial charge in [0.15, 0.2) is 22.8 Å². The monoisotopic (exact) mass is 550 g/mol. The maximum absolute atomic E-state index is 13.9. The SMILES string of the molecule is Cc1nc2c(N3CCCc4c3ccn(C)c4=O)n[nH]c2nc1N1CCC2(CC1)Cc1ccc(F)cc1[C@H]2N.Cl. The van der Waals surface area contributed by atoms with Crippen LogP contribution in [0.25, 0.3) is 11.2 Å². The summed E-state index contributed by atoms with van der Waals surface area (Å²) in [7, 11) is 1.78. The Morgan fingerprint density at radius 2 is 1.92 bits per heavy atom.